The SMILES string of the molecule is COc1ccc(OCc2nnc(SCCC=O)o2)cc1. The maximum atomic E-state index is 10.2. The topological polar surface area (TPSA) is 74.5 Å². The van der Waals surface area contributed by atoms with Crippen molar-refractivity contribution in [3.63, 3.8) is 0 Å². The van der Waals surface area contributed by atoms with Crippen LogP contribution in [0.25, 0.3) is 0 Å². The summed E-state index contributed by atoms with van der Waals surface area (Å²) >= 11 is 1.35. The third-order valence-electron chi connectivity index (χ3n) is 2.33. The Morgan fingerprint density at radius 2 is 2.00 bits per heavy atom. The van der Waals surface area contributed by atoms with Crippen LogP contribution in [0.1, 0.15) is 12.3 Å². The Morgan fingerprint density at radius 1 is 1.25 bits per heavy atom. The van der Waals surface area contributed by atoms with E-state index in [1.54, 1.807) is 19.2 Å². The molecule has 106 valence electrons. The number of rotatable bonds is 8. The molecular weight excluding hydrogens is 280 g/mol. The number of hydrogen-bond acceptors (Lipinski definition) is 7. The summed E-state index contributed by atoms with van der Waals surface area (Å²) in [6.45, 7) is 0.202. The van der Waals surface area contributed by atoms with Crippen molar-refractivity contribution in [2.24, 2.45) is 0 Å². The second-order valence-electron chi connectivity index (χ2n) is 3.73. The molecule has 0 fully saturated rings. The average molecular weight is 294 g/mol. The lowest BCUT2D eigenvalue weighted by atomic mass is 10.3. The van der Waals surface area contributed by atoms with Gasteiger partial charge < -0.3 is 18.7 Å². The lowest BCUT2D eigenvalue weighted by Crippen LogP contribution is -1.95. The van der Waals surface area contributed by atoms with Gasteiger partial charge in [-0.15, -0.1) is 10.2 Å². The number of thioether (sulfide) groups is 1. The fraction of sp³-hybridized carbons (Fsp3) is 0.308. The van der Waals surface area contributed by atoms with Crippen molar-refractivity contribution >= 4 is 18.0 Å². The minimum Gasteiger partial charge on any atom is -0.497 e. The number of ether oxygens (including phenoxy) is 2. The Bertz CT molecular complexity index is 542. The highest BCUT2D eigenvalue weighted by Crippen LogP contribution is 2.20. The molecule has 6 nitrogen and oxygen atoms in total. The van der Waals surface area contributed by atoms with Crippen molar-refractivity contribution in [3.05, 3.63) is 30.2 Å². The summed E-state index contributed by atoms with van der Waals surface area (Å²) in [7, 11) is 1.61. The van der Waals surface area contributed by atoms with Crippen molar-refractivity contribution in [1.29, 1.82) is 0 Å². The Kier molecular flexibility index (Phi) is 5.43. The summed E-state index contributed by atoms with van der Waals surface area (Å²) in [4.78, 5) is 10.2. The summed E-state index contributed by atoms with van der Waals surface area (Å²) in [5.74, 6) is 2.49. The van der Waals surface area contributed by atoms with Crippen LogP contribution in [0.3, 0.4) is 0 Å². The zero-order chi connectivity index (χ0) is 14.2. The molecule has 0 bridgehead atoms. The molecule has 0 radical (unpaired) electrons. The van der Waals surface area contributed by atoms with Gasteiger partial charge in [-0.1, -0.05) is 11.8 Å². The van der Waals surface area contributed by atoms with E-state index < -0.39 is 0 Å². The lowest BCUT2D eigenvalue weighted by molar-refractivity contribution is -0.107. The van der Waals surface area contributed by atoms with E-state index in [0.29, 0.717) is 29.0 Å². The molecule has 0 aliphatic rings. The molecule has 0 unspecified atom stereocenters. The zero-order valence-electron chi connectivity index (χ0n) is 10.9. The number of aromatic nitrogens is 2. The Labute approximate surface area is 120 Å². The predicted molar refractivity (Wildman–Crippen MR) is 73.0 cm³/mol. The van der Waals surface area contributed by atoms with Gasteiger partial charge in [0.1, 0.15) is 17.8 Å². The molecule has 1 aromatic carbocycles. The summed E-state index contributed by atoms with van der Waals surface area (Å²) in [6, 6.07) is 7.22. The molecule has 0 saturated heterocycles. The maximum absolute atomic E-state index is 10.2. The molecule has 7 heteroatoms. The van der Waals surface area contributed by atoms with Crippen molar-refractivity contribution in [2.75, 3.05) is 12.9 Å². The fourth-order valence-electron chi connectivity index (χ4n) is 1.37. The van der Waals surface area contributed by atoms with Gasteiger partial charge in [0.15, 0.2) is 6.61 Å². The third kappa shape index (κ3) is 4.27. The quantitative estimate of drug-likeness (QED) is 0.420. The van der Waals surface area contributed by atoms with Crippen LogP contribution in [0.4, 0.5) is 0 Å². The first kappa shape index (κ1) is 14.4. The minimum absolute atomic E-state index is 0.202. The van der Waals surface area contributed by atoms with Gasteiger partial charge in [-0.25, -0.2) is 0 Å². The van der Waals surface area contributed by atoms with Crippen molar-refractivity contribution in [1.82, 2.24) is 10.2 Å². The van der Waals surface area contributed by atoms with Gasteiger partial charge in [0.05, 0.1) is 7.11 Å². The zero-order valence-corrected chi connectivity index (χ0v) is 11.8. The Hall–Kier alpha value is -2.02. The van der Waals surface area contributed by atoms with Crippen LogP contribution in [-0.2, 0) is 11.4 Å². The molecule has 0 saturated carbocycles. The number of benzene rings is 1. The van der Waals surface area contributed by atoms with E-state index in [1.165, 1.54) is 11.8 Å². The first-order valence-electron chi connectivity index (χ1n) is 5.97. The van der Waals surface area contributed by atoms with Crippen molar-refractivity contribution in [2.45, 2.75) is 18.3 Å². The number of nitrogens with zero attached hydrogens (tertiary/aromatic N) is 2. The summed E-state index contributed by atoms with van der Waals surface area (Å²) in [6.07, 6.45) is 1.32. The molecule has 2 aromatic rings. The Balaban J connectivity index is 1.82. The van der Waals surface area contributed by atoms with Crippen LogP contribution >= 0.6 is 11.8 Å². The van der Waals surface area contributed by atoms with Crippen LogP contribution in [0.15, 0.2) is 33.9 Å². The molecule has 0 amide bonds. The Morgan fingerprint density at radius 3 is 2.70 bits per heavy atom. The van der Waals surface area contributed by atoms with Gasteiger partial charge in [0, 0.05) is 12.2 Å². The normalized spacial score (nSPS) is 10.2. The number of aldehydes is 1. The minimum atomic E-state index is 0.202. The molecule has 0 aliphatic heterocycles. The first-order valence-corrected chi connectivity index (χ1v) is 6.96. The maximum Gasteiger partial charge on any atom is 0.276 e. The van der Waals surface area contributed by atoms with E-state index in [9.17, 15) is 4.79 Å². The molecule has 2 rings (SSSR count). The molecular formula is C13H14N2O4S. The number of carbonyl (C=O) groups is 1. The summed E-state index contributed by atoms with van der Waals surface area (Å²) in [5.41, 5.74) is 0. The van der Waals surface area contributed by atoms with E-state index in [1.807, 2.05) is 12.1 Å². The standard InChI is InChI=1S/C13H14N2O4S/c1-17-10-3-5-11(6-4-10)18-9-12-14-15-13(19-12)20-8-2-7-16/h3-7H,2,8-9H2,1H3. The van der Waals surface area contributed by atoms with Crippen LogP contribution in [-0.4, -0.2) is 29.3 Å². The first-order chi connectivity index (χ1) is 9.81. The summed E-state index contributed by atoms with van der Waals surface area (Å²) in [5, 5.41) is 8.17. The third-order valence-corrected chi connectivity index (χ3v) is 3.18. The van der Waals surface area contributed by atoms with Crippen LogP contribution in [0.2, 0.25) is 0 Å². The van der Waals surface area contributed by atoms with Crippen LogP contribution in [0.5, 0.6) is 11.5 Å². The number of hydrogen-bond donors (Lipinski definition) is 0. The van der Waals surface area contributed by atoms with Gasteiger partial charge in [0.2, 0.25) is 0 Å². The van der Waals surface area contributed by atoms with Gasteiger partial charge in [-0.2, -0.15) is 0 Å². The van der Waals surface area contributed by atoms with Crippen molar-refractivity contribution in [3.8, 4) is 11.5 Å². The predicted octanol–water partition coefficient (Wildman–Crippen LogP) is 2.34. The van der Waals surface area contributed by atoms with Gasteiger partial charge >= 0.3 is 0 Å². The highest BCUT2D eigenvalue weighted by Gasteiger charge is 2.07. The highest BCUT2D eigenvalue weighted by molar-refractivity contribution is 7.99. The van der Waals surface area contributed by atoms with Crippen LogP contribution in [0, 0.1) is 0 Å². The number of methoxy groups -OCH3 is 1. The lowest BCUT2D eigenvalue weighted by Gasteiger charge is -2.04. The van der Waals surface area contributed by atoms with Gasteiger partial charge in [0.25, 0.3) is 11.1 Å². The molecule has 1 heterocycles. The second kappa shape index (κ2) is 7.54. The molecule has 0 N–H and O–H groups in total. The van der Waals surface area contributed by atoms with E-state index >= 15 is 0 Å². The average Bonchev–Trinajstić information content (AvgIpc) is 2.94. The monoisotopic (exact) mass is 294 g/mol. The number of carbonyl (C=O) groups excluding carboxylic acids is 1. The van der Waals surface area contributed by atoms with E-state index in [-0.39, 0.29) is 6.61 Å². The highest BCUT2D eigenvalue weighted by atomic mass is 32.2. The van der Waals surface area contributed by atoms with E-state index in [4.69, 9.17) is 13.9 Å². The molecule has 20 heavy (non-hydrogen) atoms. The van der Waals surface area contributed by atoms with E-state index in [0.717, 1.165) is 12.0 Å². The largest absolute Gasteiger partial charge is 0.497 e. The molecule has 0 atom stereocenters. The summed E-state index contributed by atoms with van der Waals surface area (Å²) < 4.78 is 15.9. The van der Waals surface area contributed by atoms with Crippen LogP contribution < -0.4 is 9.47 Å². The molecule has 0 aliphatic carbocycles. The van der Waals surface area contributed by atoms with Gasteiger partial charge in [-0.05, 0) is 24.3 Å². The van der Waals surface area contributed by atoms with E-state index in [2.05, 4.69) is 10.2 Å². The molecule has 1 aromatic heterocycles. The second-order valence-corrected chi connectivity index (χ2v) is 4.78. The van der Waals surface area contributed by atoms with Crippen molar-refractivity contribution < 1.29 is 18.7 Å². The smallest absolute Gasteiger partial charge is 0.276 e. The molecule has 0 spiro atoms. The fourth-order valence-corrected chi connectivity index (χ4v) is 2.01. The van der Waals surface area contributed by atoms with Gasteiger partial charge in [-0.3, -0.25) is 0 Å².